The summed E-state index contributed by atoms with van der Waals surface area (Å²) in [5, 5.41) is 9.72. The van der Waals surface area contributed by atoms with Gasteiger partial charge in [-0.15, -0.1) is 0 Å². The molecule has 0 aromatic heterocycles. The Bertz CT molecular complexity index is 388. The summed E-state index contributed by atoms with van der Waals surface area (Å²) in [5.74, 6) is -3.39. The molecule has 4 heteroatoms. The first-order chi connectivity index (χ1) is 7.16. The maximum Gasteiger partial charge on any atom is 0.277 e. The molecule has 0 saturated heterocycles. The van der Waals surface area contributed by atoms with Crippen molar-refractivity contribution < 1.29 is 18.7 Å². The summed E-state index contributed by atoms with van der Waals surface area (Å²) in [6.07, 6.45) is 0. The molecule has 1 rings (SSSR count). The molecule has 1 aromatic carbocycles. The van der Waals surface area contributed by atoms with Gasteiger partial charge in [-0.2, -0.15) is 0 Å². The Morgan fingerprint density at radius 3 is 1.94 bits per heavy atom. The van der Waals surface area contributed by atoms with Crippen molar-refractivity contribution in [3.8, 4) is 0 Å². The summed E-state index contributed by atoms with van der Waals surface area (Å²) < 4.78 is 26.3. The molecule has 88 valence electrons. The van der Waals surface area contributed by atoms with Crippen LogP contribution in [0.5, 0.6) is 0 Å². The Morgan fingerprint density at radius 2 is 1.62 bits per heavy atom. The lowest BCUT2D eigenvalue weighted by molar-refractivity contribution is -0.165. The minimum Gasteiger partial charge on any atom is -0.379 e. The summed E-state index contributed by atoms with van der Waals surface area (Å²) >= 11 is 0. The predicted octanol–water partition coefficient (Wildman–Crippen LogP) is 2.75. The fourth-order valence-corrected chi connectivity index (χ4v) is 1.28. The summed E-state index contributed by atoms with van der Waals surface area (Å²) in [5.41, 5.74) is -1.72. The van der Waals surface area contributed by atoms with E-state index in [-0.39, 0.29) is 11.3 Å². The van der Waals surface area contributed by atoms with Crippen molar-refractivity contribution in [2.24, 2.45) is 0 Å². The molecule has 0 aliphatic rings. The number of aliphatic hydroxyl groups is 1. The van der Waals surface area contributed by atoms with Crippen LogP contribution in [-0.2, 0) is 5.60 Å². The fourth-order valence-electron chi connectivity index (χ4n) is 1.28. The third kappa shape index (κ3) is 2.27. The summed E-state index contributed by atoms with van der Waals surface area (Å²) in [6, 6.07) is 5.54. The van der Waals surface area contributed by atoms with Crippen LogP contribution in [0.3, 0.4) is 0 Å². The Labute approximate surface area is 92.9 Å². The molecule has 0 bridgehead atoms. The summed E-state index contributed by atoms with van der Waals surface area (Å²) in [4.78, 5) is 11.0. The van der Waals surface area contributed by atoms with Crippen LogP contribution in [-0.4, -0.2) is 16.8 Å². The molecule has 16 heavy (non-hydrogen) atoms. The van der Waals surface area contributed by atoms with E-state index < -0.39 is 11.5 Å². The lowest BCUT2D eigenvalue weighted by Gasteiger charge is -2.30. The van der Waals surface area contributed by atoms with Crippen molar-refractivity contribution in [1.82, 2.24) is 0 Å². The molecule has 0 fully saturated rings. The monoisotopic (exact) mass is 228 g/mol. The van der Waals surface area contributed by atoms with E-state index in [0.717, 1.165) is 6.92 Å². The molecule has 1 aromatic rings. The summed E-state index contributed by atoms with van der Waals surface area (Å²) in [7, 11) is 0. The Kier molecular flexibility index (Phi) is 3.15. The van der Waals surface area contributed by atoms with Crippen molar-refractivity contribution in [2.75, 3.05) is 0 Å². The van der Waals surface area contributed by atoms with Gasteiger partial charge in [-0.25, -0.2) is 8.78 Å². The molecule has 0 saturated carbocycles. The van der Waals surface area contributed by atoms with Gasteiger partial charge in [0.05, 0.1) is 0 Å². The van der Waals surface area contributed by atoms with Gasteiger partial charge in [0.25, 0.3) is 5.92 Å². The van der Waals surface area contributed by atoms with Crippen molar-refractivity contribution in [3.63, 3.8) is 0 Å². The standard InChI is InChI=1S/C12H14F2O2/c1-8(15)9-4-6-10(7-5-9)11(2,16)12(3,13)14/h4-7,16H,1-3H3/t11-/m0/s1. The molecule has 2 nitrogen and oxygen atoms in total. The van der Waals surface area contributed by atoms with Crippen molar-refractivity contribution >= 4 is 5.78 Å². The topological polar surface area (TPSA) is 37.3 Å². The molecule has 1 N–H and O–H groups in total. The van der Waals surface area contributed by atoms with Gasteiger partial charge in [0, 0.05) is 12.5 Å². The van der Waals surface area contributed by atoms with Crippen LogP contribution in [0.25, 0.3) is 0 Å². The number of benzene rings is 1. The lowest BCUT2D eigenvalue weighted by Crippen LogP contribution is -2.40. The minimum atomic E-state index is -3.25. The van der Waals surface area contributed by atoms with Crippen molar-refractivity contribution in [1.29, 1.82) is 0 Å². The van der Waals surface area contributed by atoms with Crippen LogP contribution < -0.4 is 0 Å². The smallest absolute Gasteiger partial charge is 0.277 e. The molecule has 0 spiro atoms. The normalized spacial score (nSPS) is 15.6. The number of halogens is 2. The Balaban J connectivity index is 3.11. The highest BCUT2D eigenvalue weighted by Gasteiger charge is 2.45. The van der Waals surface area contributed by atoms with E-state index in [9.17, 15) is 18.7 Å². The second-order valence-electron chi connectivity index (χ2n) is 4.09. The van der Waals surface area contributed by atoms with Gasteiger partial charge in [-0.3, -0.25) is 4.79 Å². The number of hydrogen-bond donors (Lipinski definition) is 1. The molecule has 0 unspecified atom stereocenters. The highest BCUT2D eigenvalue weighted by atomic mass is 19.3. The molecular weight excluding hydrogens is 214 g/mol. The van der Waals surface area contributed by atoms with E-state index in [0.29, 0.717) is 12.5 Å². The zero-order valence-electron chi connectivity index (χ0n) is 9.42. The van der Waals surface area contributed by atoms with Gasteiger partial charge in [-0.05, 0) is 19.4 Å². The van der Waals surface area contributed by atoms with Gasteiger partial charge < -0.3 is 5.11 Å². The predicted molar refractivity (Wildman–Crippen MR) is 56.6 cm³/mol. The number of ketones is 1. The Morgan fingerprint density at radius 1 is 1.19 bits per heavy atom. The third-order valence-corrected chi connectivity index (χ3v) is 2.71. The van der Waals surface area contributed by atoms with Crippen LogP contribution in [0.1, 0.15) is 36.7 Å². The van der Waals surface area contributed by atoms with E-state index >= 15 is 0 Å². The van der Waals surface area contributed by atoms with Gasteiger partial charge in [-0.1, -0.05) is 24.3 Å². The van der Waals surface area contributed by atoms with E-state index in [2.05, 4.69) is 0 Å². The van der Waals surface area contributed by atoms with Crippen LogP contribution in [0.2, 0.25) is 0 Å². The molecule has 0 amide bonds. The first-order valence-corrected chi connectivity index (χ1v) is 4.88. The Hall–Kier alpha value is -1.29. The zero-order chi connectivity index (χ0) is 12.6. The third-order valence-electron chi connectivity index (χ3n) is 2.71. The van der Waals surface area contributed by atoms with Crippen LogP contribution in [0.15, 0.2) is 24.3 Å². The average molecular weight is 228 g/mol. The SMILES string of the molecule is CC(=O)c1ccc([C@](C)(O)C(C)(F)F)cc1. The molecule has 0 aliphatic carbocycles. The molecule has 0 aliphatic heterocycles. The minimum absolute atomic E-state index is 0.0880. The van der Waals surface area contributed by atoms with Crippen LogP contribution in [0.4, 0.5) is 8.78 Å². The maximum atomic E-state index is 13.1. The second-order valence-corrected chi connectivity index (χ2v) is 4.09. The second kappa shape index (κ2) is 3.94. The number of carbonyl (C=O) groups excluding carboxylic acids is 1. The van der Waals surface area contributed by atoms with Gasteiger partial charge >= 0.3 is 0 Å². The summed E-state index contributed by atoms with van der Waals surface area (Å²) in [6.45, 7) is 3.10. The number of rotatable bonds is 3. The molecule has 1 atom stereocenters. The maximum absolute atomic E-state index is 13.1. The largest absolute Gasteiger partial charge is 0.379 e. The van der Waals surface area contributed by atoms with E-state index in [1.54, 1.807) is 0 Å². The highest BCUT2D eigenvalue weighted by molar-refractivity contribution is 5.94. The van der Waals surface area contributed by atoms with E-state index in [4.69, 9.17) is 0 Å². The van der Waals surface area contributed by atoms with Crippen molar-refractivity contribution in [3.05, 3.63) is 35.4 Å². The van der Waals surface area contributed by atoms with Crippen LogP contribution in [0, 0.1) is 0 Å². The highest BCUT2D eigenvalue weighted by Crippen LogP contribution is 2.36. The average Bonchev–Trinajstić information content (AvgIpc) is 2.16. The quantitative estimate of drug-likeness (QED) is 0.808. The number of carbonyl (C=O) groups is 1. The number of hydrogen-bond acceptors (Lipinski definition) is 2. The van der Waals surface area contributed by atoms with Gasteiger partial charge in [0.1, 0.15) is 5.60 Å². The van der Waals surface area contributed by atoms with Gasteiger partial charge in [0.2, 0.25) is 0 Å². The molecular formula is C12H14F2O2. The number of alkyl halides is 2. The first kappa shape index (κ1) is 12.8. The van der Waals surface area contributed by atoms with E-state index in [1.165, 1.54) is 31.2 Å². The molecule has 0 radical (unpaired) electrons. The van der Waals surface area contributed by atoms with Crippen molar-refractivity contribution in [2.45, 2.75) is 32.3 Å². The first-order valence-electron chi connectivity index (χ1n) is 4.88. The van der Waals surface area contributed by atoms with Gasteiger partial charge in [0.15, 0.2) is 5.78 Å². The molecule has 0 heterocycles. The lowest BCUT2D eigenvalue weighted by atomic mass is 9.89. The zero-order valence-corrected chi connectivity index (χ0v) is 9.42. The number of Topliss-reactive ketones (excluding diaryl/α,β-unsaturated/α-hetero) is 1. The fraction of sp³-hybridized carbons (Fsp3) is 0.417. The van der Waals surface area contributed by atoms with E-state index in [1.807, 2.05) is 0 Å². The van der Waals surface area contributed by atoms with Crippen LogP contribution >= 0.6 is 0 Å².